The summed E-state index contributed by atoms with van der Waals surface area (Å²) < 4.78 is 15.5. The number of aliphatic hydroxyl groups is 1. The van der Waals surface area contributed by atoms with Gasteiger partial charge in [-0.3, -0.25) is 4.79 Å². The number of carbonyl (C=O) groups excluding carboxylic acids is 1. The maximum absolute atomic E-state index is 13.6. The SMILES string of the molecule is Cn1c(CNc2cccc(C(=O)NC(CCO)c3cccc(F)c3)c2)nnc1-c1ccncn1. The summed E-state index contributed by atoms with van der Waals surface area (Å²) in [5.74, 6) is 0.598. The molecule has 34 heavy (non-hydrogen) atoms. The van der Waals surface area contributed by atoms with Gasteiger partial charge in [-0.2, -0.15) is 0 Å². The van der Waals surface area contributed by atoms with E-state index in [1.54, 1.807) is 42.6 Å². The third-order valence-electron chi connectivity index (χ3n) is 5.33. The lowest BCUT2D eigenvalue weighted by atomic mass is 10.0. The number of aliphatic hydroxyl groups excluding tert-OH is 1. The van der Waals surface area contributed by atoms with Crippen LogP contribution in [0.25, 0.3) is 11.5 Å². The highest BCUT2D eigenvalue weighted by atomic mass is 19.1. The minimum Gasteiger partial charge on any atom is -0.396 e. The van der Waals surface area contributed by atoms with E-state index in [0.29, 0.717) is 35.0 Å². The van der Waals surface area contributed by atoms with Crippen molar-refractivity contribution >= 4 is 11.6 Å². The molecule has 0 fully saturated rings. The molecule has 2 aromatic heterocycles. The molecule has 1 unspecified atom stereocenters. The van der Waals surface area contributed by atoms with Gasteiger partial charge in [0.15, 0.2) is 11.6 Å². The molecule has 10 heteroatoms. The molecule has 9 nitrogen and oxygen atoms in total. The molecule has 0 aliphatic heterocycles. The topological polar surface area (TPSA) is 118 Å². The fourth-order valence-electron chi connectivity index (χ4n) is 3.53. The second kappa shape index (κ2) is 10.6. The van der Waals surface area contributed by atoms with E-state index in [1.807, 2.05) is 17.7 Å². The van der Waals surface area contributed by atoms with Crippen LogP contribution in [0.4, 0.5) is 10.1 Å². The van der Waals surface area contributed by atoms with Gasteiger partial charge in [0.25, 0.3) is 5.91 Å². The van der Waals surface area contributed by atoms with Crippen LogP contribution in [0.1, 0.15) is 34.2 Å². The largest absolute Gasteiger partial charge is 0.396 e. The maximum atomic E-state index is 13.6. The van der Waals surface area contributed by atoms with Gasteiger partial charge >= 0.3 is 0 Å². The molecule has 0 aliphatic rings. The molecule has 3 N–H and O–H groups in total. The van der Waals surface area contributed by atoms with Gasteiger partial charge in [0, 0.05) is 31.1 Å². The van der Waals surface area contributed by atoms with Crippen LogP contribution in [0.5, 0.6) is 0 Å². The monoisotopic (exact) mass is 461 g/mol. The Morgan fingerprint density at radius 1 is 1.15 bits per heavy atom. The Hall–Kier alpha value is -4.18. The van der Waals surface area contributed by atoms with Crippen molar-refractivity contribution in [3.8, 4) is 11.5 Å². The average molecular weight is 462 g/mol. The molecule has 0 radical (unpaired) electrons. The highest BCUT2D eigenvalue weighted by molar-refractivity contribution is 5.95. The number of halogens is 1. The number of hydrogen-bond donors (Lipinski definition) is 3. The number of carbonyl (C=O) groups is 1. The predicted octanol–water partition coefficient (Wildman–Crippen LogP) is 2.88. The van der Waals surface area contributed by atoms with Gasteiger partial charge in [-0.15, -0.1) is 10.2 Å². The molecule has 0 aliphatic carbocycles. The summed E-state index contributed by atoms with van der Waals surface area (Å²) in [6, 6.07) is 14.3. The van der Waals surface area contributed by atoms with Crippen LogP contribution in [0.3, 0.4) is 0 Å². The zero-order valence-electron chi connectivity index (χ0n) is 18.5. The van der Waals surface area contributed by atoms with Gasteiger partial charge in [0.1, 0.15) is 17.8 Å². The molecule has 2 heterocycles. The van der Waals surface area contributed by atoms with Gasteiger partial charge in [-0.1, -0.05) is 18.2 Å². The Morgan fingerprint density at radius 3 is 2.76 bits per heavy atom. The number of aromatic nitrogens is 5. The van der Waals surface area contributed by atoms with Gasteiger partial charge < -0.3 is 20.3 Å². The van der Waals surface area contributed by atoms with Crippen LogP contribution in [-0.4, -0.2) is 42.4 Å². The second-order valence-electron chi connectivity index (χ2n) is 7.62. The summed E-state index contributed by atoms with van der Waals surface area (Å²) in [4.78, 5) is 21.0. The summed E-state index contributed by atoms with van der Waals surface area (Å²) in [6.45, 7) is 0.244. The predicted molar refractivity (Wildman–Crippen MR) is 124 cm³/mol. The summed E-state index contributed by atoms with van der Waals surface area (Å²) in [5.41, 5.74) is 2.43. The molecular formula is C24H24FN7O2. The van der Waals surface area contributed by atoms with Crippen molar-refractivity contribution in [1.82, 2.24) is 30.0 Å². The number of rotatable bonds is 9. The highest BCUT2D eigenvalue weighted by Gasteiger charge is 2.17. The van der Waals surface area contributed by atoms with E-state index in [9.17, 15) is 14.3 Å². The van der Waals surface area contributed by atoms with E-state index in [1.165, 1.54) is 18.5 Å². The summed E-state index contributed by atoms with van der Waals surface area (Å²) >= 11 is 0. The first-order valence-corrected chi connectivity index (χ1v) is 10.7. The van der Waals surface area contributed by atoms with Crippen LogP contribution in [0, 0.1) is 5.82 Å². The van der Waals surface area contributed by atoms with Crippen LogP contribution < -0.4 is 10.6 Å². The molecule has 174 valence electrons. The number of anilines is 1. The van der Waals surface area contributed by atoms with Crippen molar-refractivity contribution in [2.45, 2.75) is 19.0 Å². The van der Waals surface area contributed by atoms with Crippen LogP contribution in [0.15, 0.2) is 67.1 Å². The molecule has 0 spiro atoms. The first-order valence-electron chi connectivity index (χ1n) is 10.7. The molecule has 0 saturated carbocycles. The fourth-order valence-corrected chi connectivity index (χ4v) is 3.53. The summed E-state index contributed by atoms with van der Waals surface area (Å²) in [5, 5.41) is 23.9. The van der Waals surface area contributed by atoms with E-state index >= 15 is 0 Å². The van der Waals surface area contributed by atoms with Gasteiger partial charge in [0.05, 0.1) is 12.6 Å². The van der Waals surface area contributed by atoms with Gasteiger partial charge in [-0.05, 0) is 48.4 Å². The third kappa shape index (κ3) is 5.41. The van der Waals surface area contributed by atoms with Crippen molar-refractivity contribution in [1.29, 1.82) is 0 Å². The zero-order valence-corrected chi connectivity index (χ0v) is 18.5. The molecule has 1 atom stereocenters. The highest BCUT2D eigenvalue weighted by Crippen LogP contribution is 2.20. The number of nitrogens with one attached hydrogen (secondary N) is 2. The lowest BCUT2D eigenvalue weighted by Crippen LogP contribution is -2.29. The second-order valence-corrected chi connectivity index (χ2v) is 7.62. The Morgan fingerprint density at radius 2 is 2.00 bits per heavy atom. The Bertz CT molecular complexity index is 1260. The summed E-state index contributed by atoms with van der Waals surface area (Å²) in [7, 11) is 1.85. The minimum atomic E-state index is -0.510. The lowest BCUT2D eigenvalue weighted by molar-refractivity contribution is 0.0930. The Kier molecular flexibility index (Phi) is 7.19. The number of nitrogens with zero attached hydrogens (tertiary/aromatic N) is 5. The molecule has 0 saturated heterocycles. The first kappa shape index (κ1) is 23.0. The van der Waals surface area contributed by atoms with Crippen molar-refractivity contribution < 1.29 is 14.3 Å². The molecule has 0 bridgehead atoms. The van der Waals surface area contributed by atoms with Crippen molar-refractivity contribution in [2.24, 2.45) is 7.05 Å². The zero-order chi connectivity index (χ0) is 23.9. The molecule has 1 amide bonds. The maximum Gasteiger partial charge on any atom is 0.251 e. The third-order valence-corrected chi connectivity index (χ3v) is 5.33. The van der Waals surface area contributed by atoms with Gasteiger partial charge in [0.2, 0.25) is 0 Å². The minimum absolute atomic E-state index is 0.141. The quantitative estimate of drug-likeness (QED) is 0.351. The standard InChI is InChI=1S/C24H24FN7O2/c1-32-22(30-31-23(32)21-8-10-26-15-28-21)14-27-19-7-3-5-17(13-19)24(34)29-20(9-11-33)16-4-2-6-18(25)12-16/h2-8,10,12-13,15,20,27,33H,9,11,14H2,1H3,(H,29,34). The van der Waals surface area contributed by atoms with Crippen molar-refractivity contribution in [3.63, 3.8) is 0 Å². The van der Waals surface area contributed by atoms with E-state index < -0.39 is 11.9 Å². The van der Waals surface area contributed by atoms with E-state index in [4.69, 9.17) is 0 Å². The van der Waals surface area contributed by atoms with Crippen molar-refractivity contribution in [3.05, 3.63) is 89.9 Å². The molecule has 4 rings (SSSR count). The van der Waals surface area contributed by atoms with Crippen LogP contribution in [-0.2, 0) is 13.6 Å². The molecule has 4 aromatic rings. The van der Waals surface area contributed by atoms with E-state index in [-0.39, 0.29) is 18.9 Å². The smallest absolute Gasteiger partial charge is 0.251 e. The number of amides is 1. The average Bonchev–Trinajstić information content (AvgIpc) is 3.23. The fraction of sp³-hybridized carbons (Fsp3) is 0.208. The van der Waals surface area contributed by atoms with Crippen molar-refractivity contribution in [2.75, 3.05) is 11.9 Å². The normalized spacial score (nSPS) is 11.7. The lowest BCUT2D eigenvalue weighted by Gasteiger charge is -2.19. The Balaban J connectivity index is 1.44. The van der Waals surface area contributed by atoms with E-state index in [0.717, 1.165) is 5.69 Å². The van der Waals surface area contributed by atoms with Crippen LogP contribution >= 0.6 is 0 Å². The van der Waals surface area contributed by atoms with Crippen LogP contribution in [0.2, 0.25) is 0 Å². The Labute approximate surface area is 195 Å². The number of benzene rings is 2. The summed E-state index contributed by atoms with van der Waals surface area (Å²) in [6.07, 6.45) is 3.37. The van der Waals surface area contributed by atoms with Gasteiger partial charge in [-0.25, -0.2) is 14.4 Å². The first-order chi connectivity index (χ1) is 16.5. The molecule has 2 aromatic carbocycles. The number of hydrogen-bond acceptors (Lipinski definition) is 7. The molecular weight excluding hydrogens is 437 g/mol. The van der Waals surface area contributed by atoms with E-state index in [2.05, 4.69) is 30.8 Å².